The number of anilines is 2. The molecule has 3 aromatic heterocycles. The van der Waals surface area contributed by atoms with E-state index >= 15 is 0 Å². The minimum absolute atomic E-state index is 0.372. The molecule has 0 amide bonds. The van der Waals surface area contributed by atoms with Gasteiger partial charge in [0.25, 0.3) is 0 Å². The number of fused-ring (bicyclic) bond motifs is 1. The van der Waals surface area contributed by atoms with Crippen LogP contribution in [-0.2, 0) is 6.54 Å². The zero-order chi connectivity index (χ0) is 19.2. The number of unbranched alkanes of at least 4 members (excludes halogenated alkanes) is 1. The molecule has 0 spiro atoms. The fourth-order valence-corrected chi connectivity index (χ4v) is 2.46. The Morgan fingerprint density at radius 1 is 1.26 bits per heavy atom. The molecule has 0 saturated carbocycles. The van der Waals surface area contributed by atoms with Crippen molar-refractivity contribution < 1.29 is 9.47 Å². The highest BCUT2D eigenvalue weighted by Gasteiger charge is 2.15. The van der Waals surface area contributed by atoms with Gasteiger partial charge in [0.15, 0.2) is 11.2 Å². The van der Waals surface area contributed by atoms with Gasteiger partial charge in [-0.3, -0.25) is 0 Å². The third kappa shape index (κ3) is 4.52. The number of pyridine rings is 1. The lowest BCUT2D eigenvalue weighted by Gasteiger charge is -2.10. The van der Waals surface area contributed by atoms with E-state index in [4.69, 9.17) is 9.47 Å². The van der Waals surface area contributed by atoms with Gasteiger partial charge >= 0.3 is 0 Å². The lowest BCUT2D eigenvalue weighted by atomic mass is 10.3. The first-order chi connectivity index (χ1) is 13.1. The van der Waals surface area contributed by atoms with Gasteiger partial charge in [0, 0.05) is 12.6 Å². The van der Waals surface area contributed by atoms with Gasteiger partial charge in [-0.25, -0.2) is 9.97 Å². The highest BCUT2D eigenvalue weighted by atomic mass is 16.5. The summed E-state index contributed by atoms with van der Waals surface area (Å²) in [5, 5.41) is 3.16. The number of aromatic nitrogens is 5. The Morgan fingerprint density at radius 3 is 2.78 bits per heavy atom. The second kappa shape index (κ2) is 8.48. The van der Waals surface area contributed by atoms with Crippen molar-refractivity contribution in [1.29, 1.82) is 0 Å². The normalized spacial score (nSPS) is 10.8. The van der Waals surface area contributed by atoms with E-state index in [2.05, 4.69) is 38.8 Å². The molecular weight excluding hydrogens is 344 g/mol. The average Bonchev–Trinajstić information content (AvgIpc) is 3.08. The van der Waals surface area contributed by atoms with Crippen LogP contribution >= 0.6 is 0 Å². The quantitative estimate of drug-likeness (QED) is 0.576. The topological polar surface area (TPSA) is 87.0 Å². The summed E-state index contributed by atoms with van der Waals surface area (Å²) >= 11 is 0. The fraction of sp³-hybridized carbons (Fsp3) is 0.368. The number of methoxy groups -OCH3 is 1. The van der Waals surface area contributed by atoms with E-state index in [0.717, 1.165) is 36.3 Å². The molecule has 0 aliphatic rings. The second-order valence-electron chi connectivity index (χ2n) is 6.28. The Morgan fingerprint density at radius 2 is 2.11 bits per heavy atom. The summed E-state index contributed by atoms with van der Waals surface area (Å²) in [5.41, 5.74) is 3.03. The molecule has 3 aromatic rings. The van der Waals surface area contributed by atoms with E-state index in [9.17, 15) is 0 Å². The van der Waals surface area contributed by atoms with E-state index in [1.165, 1.54) is 0 Å². The lowest BCUT2D eigenvalue weighted by Crippen LogP contribution is -2.06. The number of imidazole rings is 1. The minimum atomic E-state index is 0.372. The summed E-state index contributed by atoms with van der Waals surface area (Å²) in [7, 11) is 1.58. The molecule has 0 aliphatic carbocycles. The van der Waals surface area contributed by atoms with Crippen molar-refractivity contribution in [3.63, 3.8) is 0 Å². The Kier molecular flexibility index (Phi) is 5.85. The number of nitrogens with one attached hydrogen (secondary N) is 1. The van der Waals surface area contributed by atoms with Crippen LogP contribution in [0, 0.1) is 0 Å². The van der Waals surface area contributed by atoms with Crippen molar-refractivity contribution in [2.24, 2.45) is 0 Å². The summed E-state index contributed by atoms with van der Waals surface area (Å²) in [4.78, 5) is 17.7. The number of nitrogens with zero attached hydrogens (tertiary/aromatic N) is 5. The van der Waals surface area contributed by atoms with Gasteiger partial charge in [-0.1, -0.05) is 19.9 Å². The molecule has 0 fully saturated rings. The molecule has 0 saturated heterocycles. The van der Waals surface area contributed by atoms with Gasteiger partial charge in [-0.15, -0.1) is 0 Å². The average molecular weight is 368 g/mol. The van der Waals surface area contributed by atoms with E-state index in [1.54, 1.807) is 25.7 Å². The van der Waals surface area contributed by atoms with Gasteiger partial charge in [-0.2, -0.15) is 9.97 Å². The van der Waals surface area contributed by atoms with Crippen molar-refractivity contribution >= 4 is 22.8 Å². The van der Waals surface area contributed by atoms with Crippen LogP contribution in [0.3, 0.4) is 0 Å². The Bertz CT molecular complexity index is 920. The highest BCUT2D eigenvalue weighted by Crippen LogP contribution is 2.25. The monoisotopic (exact) mass is 368 g/mol. The maximum Gasteiger partial charge on any atom is 0.247 e. The van der Waals surface area contributed by atoms with Gasteiger partial charge in [-0.05, 0) is 25.0 Å². The van der Waals surface area contributed by atoms with Crippen LogP contribution in [0.5, 0.6) is 11.8 Å². The van der Waals surface area contributed by atoms with E-state index in [0.29, 0.717) is 29.8 Å². The molecule has 142 valence electrons. The standard InChI is InChI=1S/C19H24N6O2/c1-5-6-9-25-12-21-16-17(25)23-19(24-18(16)27-11-13(2)3)22-14-7-8-15(26-4)20-10-14/h7-8,10,12H,2,5-6,9,11H2,1,3-4H3,(H,22,23,24). The van der Waals surface area contributed by atoms with Crippen LogP contribution in [-0.4, -0.2) is 38.2 Å². The first-order valence-electron chi connectivity index (χ1n) is 8.87. The fourth-order valence-electron chi connectivity index (χ4n) is 2.46. The molecule has 3 heterocycles. The number of ether oxygens (including phenoxy) is 2. The third-order valence-electron chi connectivity index (χ3n) is 3.84. The van der Waals surface area contributed by atoms with Crippen LogP contribution in [0.2, 0.25) is 0 Å². The molecule has 8 nitrogen and oxygen atoms in total. The summed E-state index contributed by atoms with van der Waals surface area (Å²) < 4.78 is 12.9. The largest absolute Gasteiger partial charge is 0.481 e. The van der Waals surface area contributed by atoms with Gasteiger partial charge in [0.1, 0.15) is 6.61 Å². The predicted octanol–water partition coefficient (Wildman–Crippen LogP) is 3.73. The van der Waals surface area contributed by atoms with Crippen molar-refractivity contribution in [2.45, 2.75) is 33.2 Å². The number of hydrogen-bond acceptors (Lipinski definition) is 7. The molecule has 0 radical (unpaired) electrons. The van der Waals surface area contributed by atoms with E-state index in [1.807, 2.05) is 17.6 Å². The van der Waals surface area contributed by atoms with Crippen molar-refractivity contribution in [3.8, 4) is 11.8 Å². The van der Waals surface area contributed by atoms with Crippen molar-refractivity contribution in [2.75, 3.05) is 19.0 Å². The first-order valence-corrected chi connectivity index (χ1v) is 8.87. The molecule has 0 aliphatic heterocycles. The molecule has 1 N–H and O–H groups in total. The predicted molar refractivity (Wildman–Crippen MR) is 105 cm³/mol. The van der Waals surface area contributed by atoms with Gasteiger partial charge in [0.2, 0.25) is 17.7 Å². The Balaban J connectivity index is 1.95. The van der Waals surface area contributed by atoms with Crippen LogP contribution in [0.15, 0.2) is 36.8 Å². The first kappa shape index (κ1) is 18.6. The molecule has 3 rings (SSSR count). The van der Waals surface area contributed by atoms with Crippen LogP contribution < -0.4 is 14.8 Å². The SMILES string of the molecule is C=C(C)COc1nc(Nc2ccc(OC)nc2)nc2c1ncn2CCCC. The second-order valence-corrected chi connectivity index (χ2v) is 6.28. The summed E-state index contributed by atoms with van der Waals surface area (Å²) in [6, 6.07) is 3.62. The van der Waals surface area contributed by atoms with Crippen molar-refractivity contribution in [3.05, 3.63) is 36.8 Å². The number of rotatable bonds is 9. The Hall–Kier alpha value is -3.16. The molecule has 0 unspecified atom stereocenters. The summed E-state index contributed by atoms with van der Waals surface area (Å²) in [6.45, 7) is 9.14. The highest BCUT2D eigenvalue weighted by molar-refractivity contribution is 5.78. The number of hydrogen-bond donors (Lipinski definition) is 1. The smallest absolute Gasteiger partial charge is 0.247 e. The van der Waals surface area contributed by atoms with E-state index in [-0.39, 0.29) is 0 Å². The molecule has 0 aromatic carbocycles. The maximum atomic E-state index is 5.81. The van der Waals surface area contributed by atoms with Crippen molar-refractivity contribution in [1.82, 2.24) is 24.5 Å². The molecule has 0 atom stereocenters. The third-order valence-corrected chi connectivity index (χ3v) is 3.84. The zero-order valence-electron chi connectivity index (χ0n) is 15.9. The summed E-state index contributed by atoms with van der Waals surface area (Å²) in [5.74, 6) is 1.40. The molecule has 8 heteroatoms. The minimum Gasteiger partial charge on any atom is -0.481 e. The van der Waals surface area contributed by atoms with Gasteiger partial charge < -0.3 is 19.4 Å². The lowest BCUT2D eigenvalue weighted by molar-refractivity contribution is 0.343. The number of aryl methyl sites for hydroxylation is 1. The van der Waals surface area contributed by atoms with Crippen LogP contribution in [0.4, 0.5) is 11.6 Å². The summed E-state index contributed by atoms with van der Waals surface area (Å²) in [6.07, 6.45) is 5.57. The Labute approximate surface area is 158 Å². The van der Waals surface area contributed by atoms with Crippen LogP contribution in [0.25, 0.3) is 11.2 Å². The van der Waals surface area contributed by atoms with Crippen LogP contribution in [0.1, 0.15) is 26.7 Å². The molecule has 0 bridgehead atoms. The van der Waals surface area contributed by atoms with Gasteiger partial charge in [0.05, 0.1) is 25.3 Å². The zero-order valence-corrected chi connectivity index (χ0v) is 15.9. The maximum absolute atomic E-state index is 5.81. The van der Waals surface area contributed by atoms with E-state index < -0.39 is 0 Å². The molecule has 27 heavy (non-hydrogen) atoms. The molecular formula is C19H24N6O2.